The molecule has 138 valence electrons. The summed E-state index contributed by atoms with van der Waals surface area (Å²) in [7, 11) is 1.56. The van der Waals surface area contributed by atoms with E-state index in [-0.39, 0.29) is 25.2 Å². The van der Waals surface area contributed by atoms with Crippen LogP contribution in [0.15, 0.2) is 41.8 Å². The smallest absolute Gasteiger partial charge is 0.307 e. The highest BCUT2D eigenvalue weighted by atomic mass is 32.1. The second kappa shape index (κ2) is 9.72. The van der Waals surface area contributed by atoms with Crippen LogP contribution in [0.25, 0.3) is 0 Å². The molecular formula is C19H21NO5S. The second-order valence-corrected chi connectivity index (χ2v) is 6.51. The van der Waals surface area contributed by atoms with Crippen LogP contribution in [0.1, 0.15) is 35.0 Å². The van der Waals surface area contributed by atoms with Gasteiger partial charge in [0.15, 0.2) is 11.9 Å². The quantitative estimate of drug-likeness (QED) is 0.538. The number of ether oxygens (including phenoxy) is 2. The molecule has 1 aromatic carbocycles. The van der Waals surface area contributed by atoms with Crippen molar-refractivity contribution in [3.63, 3.8) is 0 Å². The summed E-state index contributed by atoms with van der Waals surface area (Å²) in [5.41, 5.74) is 0.823. The lowest BCUT2D eigenvalue weighted by Crippen LogP contribution is -2.35. The number of esters is 1. The van der Waals surface area contributed by atoms with Gasteiger partial charge in [-0.25, -0.2) is 0 Å². The van der Waals surface area contributed by atoms with Crippen LogP contribution in [0.5, 0.6) is 5.75 Å². The van der Waals surface area contributed by atoms with Crippen LogP contribution < -0.4 is 10.1 Å². The van der Waals surface area contributed by atoms with E-state index in [1.54, 1.807) is 30.7 Å². The van der Waals surface area contributed by atoms with Crippen molar-refractivity contribution in [3.05, 3.63) is 52.2 Å². The molecule has 1 unspecified atom stereocenters. The SMILES string of the molecule is COc1ccccc1CNC(=O)C(C)OC(=O)CCC(=O)c1cccs1. The maximum atomic E-state index is 12.1. The molecule has 7 heteroatoms. The summed E-state index contributed by atoms with van der Waals surface area (Å²) in [4.78, 5) is 36.4. The fourth-order valence-electron chi connectivity index (χ4n) is 2.26. The van der Waals surface area contributed by atoms with Gasteiger partial charge in [-0.05, 0) is 24.4 Å². The zero-order valence-corrected chi connectivity index (χ0v) is 15.5. The Balaban J connectivity index is 1.75. The fraction of sp³-hybridized carbons (Fsp3) is 0.316. The van der Waals surface area contributed by atoms with Crippen molar-refractivity contribution in [2.45, 2.75) is 32.4 Å². The van der Waals surface area contributed by atoms with Crippen LogP contribution in [-0.4, -0.2) is 30.9 Å². The van der Waals surface area contributed by atoms with Crippen LogP contribution in [-0.2, 0) is 20.9 Å². The Morgan fingerprint density at radius 3 is 2.58 bits per heavy atom. The van der Waals surface area contributed by atoms with Gasteiger partial charge in [-0.3, -0.25) is 14.4 Å². The Kier molecular flexibility index (Phi) is 7.35. The monoisotopic (exact) mass is 375 g/mol. The maximum Gasteiger partial charge on any atom is 0.307 e. The number of hydrogen-bond acceptors (Lipinski definition) is 6. The van der Waals surface area contributed by atoms with Gasteiger partial charge in [0.05, 0.1) is 18.4 Å². The molecule has 0 aliphatic rings. The van der Waals surface area contributed by atoms with Gasteiger partial charge in [0.25, 0.3) is 5.91 Å². The number of thiophene rings is 1. The highest BCUT2D eigenvalue weighted by Gasteiger charge is 2.19. The third-order valence-corrected chi connectivity index (χ3v) is 4.59. The summed E-state index contributed by atoms with van der Waals surface area (Å²) >= 11 is 1.33. The largest absolute Gasteiger partial charge is 0.496 e. The number of carbonyl (C=O) groups is 3. The molecule has 2 rings (SSSR count). The summed E-state index contributed by atoms with van der Waals surface area (Å²) in [6.45, 7) is 1.76. The van der Waals surface area contributed by atoms with Crippen LogP contribution in [0.3, 0.4) is 0 Å². The number of carbonyl (C=O) groups excluding carboxylic acids is 3. The molecule has 1 aromatic heterocycles. The standard InChI is InChI=1S/C19H21NO5S/c1-13(19(23)20-12-14-6-3-4-7-16(14)24-2)25-18(22)10-9-15(21)17-8-5-11-26-17/h3-8,11,13H,9-10,12H2,1-2H3,(H,20,23). The Morgan fingerprint density at radius 2 is 1.88 bits per heavy atom. The zero-order valence-electron chi connectivity index (χ0n) is 14.7. The van der Waals surface area contributed by atoms with Gasteiger partial charge >= 0.3 is 5.97 Å². The molecule has 6 nitrogen and oxygen atoms in total. The number of hydrogen-bond donors (Lipinski definition) is 1. The maximum absolute atomic E-state index is 12.1. The molecule has 0 spiro atoms. The Hall–Kier alpha value is -2.67. The number of amides is 1. The van der Waals surface area contributed by atoms with Crippen LogP contribution >= 0.6 is 11.3 Å². The number of para-hydroxylation sites is 1. The van der Waals surface area contributed by atoms with E-state index >= 15 is 0 Å². The number of rotatable bonds is 9. The molecule has 0 aliphatic heterocycles. The third-order valence-electron chi connectivity index (χ3n) is 3.68. The van der Waals surface area contributed by atoms with Gasteiger partial charge in [-0.1, -0.05) is 24.3 Å². The molecule has 1 N–H and O–H groups in total. The summed E-state index contributed by atoms with van der Waals surface area (Å²) in [5.74, 6) is -0.418. The fourth-order valence-corrected chi connectivity index (χ4v) is 2.96. The Labute approximate surface area is 156 Å². The minimum atomic E-state index is -0.936. The lowest BCUT2D eigenvalue weighted by Gasteiger charge is -2.14. The van der Waals surface area contributed by atoms with E-state index in [9.17, 15) is 14.4 Å². The van der Waals surface area contributed by atoms with Crippen molar-refractivity contribution in [3.8, 4) is 5.75 Å². The number of Topliss-reactive ketones (excluding diaryl/α,β-unsaturated/α-hetero) is 1. The Morgan fingerprint density at radius 1 is 1.12 bits per heavy atom. The normalized spacial score (nSPS) is 11.5. The van der Waals surface area contributed by atoms with Crippen LogP contribution in [0.4, 0.5) is 0 Å². The molecule has 0 radical (unpaired) electrons. The average Bonchev–Trinajstić information content (AvgIpc) is 3.19. The van der Waals surface area contributed by atoms with Crippen molar-refractivity contribution in [1.29, 1.82) is 0 Å². The topological polar surface area (TPSA) is 81.7 Å². The molecule has 0 saturated heterocycles. The molecule has 1 amide bonds. The first-order valence-electron chi connectivity index (χ1n) is 8.17. The average molecular weight is 375 g/mol. The number of methoxy groups -OCH3 is 1. The third kappa shape index (κ3) is 5.70. The Bertz CT molecular complexity index is 757. The van der Waals surface area contributed by atoms with Gasteiger partial charge < -0.3 is 14.8 Å². The highest BCUT2D eigenvalue weighted by molar-refractivity contribution is 7.12. The van der Waals surface area contributed by atoms with Crippen molar-refractivity contribution in [1.82, 2.24) is 5.32 Å². The van der Waals surface area contributed by atoms with E-state index in [2.05, 4.69) is 5.32 Å². The number of nitrogens with one attached hydrogen (secondary N) is 1. The van der Waals surface area contributed by atoms with Crippen molar-refractivity contribution >= 4 is 29.0 Å². The first-order valence-corrected chi connectivity index (χ1v) is 9.05. The minimum Gasteiger partial charge on any atom is -0.496 e. The molecule has 0 saturated carbocycles. The lowest BCUT2D eigenvalue weighted by atomic mass is 10.2. The van der Waals surface area contributed by atoms with Crippen molar-refractivity contribution in [2.24, 2.45) is 0 Å². The predicted molar refractivity (Wildman–Crippen MR) is 98.3 cm³/mol. The van der Waals surface area contributed by atoms with Crippen molar-refractivity contribution < 1.29 is 23.9 Å². The first-order chi connectivity index (χ1) is 12.5. The molecule has 1 heterocycles. The summed E-state index contributed by atoms with van der Waals surface area (Å²) < 4.78 is 10.3. The van der Waals surface area contributed by atoms with E-state index in [0.29, 0.717) is 10.6 Å². The minimum absolute atomic E-state index is 0.0547. The summed E-state index contributed by atoms with van der Waals surface area (Å²) in [6.07, 6.45) is -0.926. The van der Waals surface area contributed by atoms with Crippen LogP contribution in [0.2, 0.25) is 0 Å². The van der Waals surface area contributed by atoms with E-state index in [4.69, 9.17) is 9.47 Å². The molecular weight excluding hydrogens is 354 g/mol. The molecule has 0 bridgehead atoms. The van der Waals surface area contributed by atoms with Gasteiger partial charge in [-0.2, -0.15) is 0 Å². The predicted octanol–water partition coefficient (Wildman–Crippen LogP) is 2.97. The molecule has 1 atom stereocenters. The van der Waals surface area contributed by atoms with Gasteiger partial charge in [-0.15, -0.1) is 11.3 Å². The molecule has 0 aliphatic carbocycles. The van der Waals surface area contributed by atoms with Crippen LogP contribution in [0, 0.1) is 0 Å². The van der Waals surface area contributed by atoms with E-state index in [1.807, 2.05) is 18.2 Å². The number of ketones is 1. The van der Waals surface area contributed by atoms with E-state index in [1.165, 1.54) is 18.3 Å². The van der Waals surface area contributed by atoms with Crippen molar-refractivity contribution in [2.75, 3.05) is 7.11 Å². The van der Waals surface area contributed by atoms with E-state index < -0.39 is 18.0 Å². The second-order valence-electron chi connectivity index (χ2n) is 5.56. The summed E-state index contributed by atoms with van der Waals surface area (Å²) in [6, 6.07) is 10.8. The number of benzene rings is 1. The highest BCUT2D eigenvalue weighted by Crippen LogP contribution is 2.17. The lowest BCUT2D eigenvalue weighted by molar-refractivity contribution is -0.154. The van der Waals surface area contributed by atoms with E-state index in [0.717, 1.165) is 5.56 Å². The van der Waals surface area contributed by atoms with Gasteiger partial charge in [0, 0.05) is 18.5 Å². The molecule has 2 aromatic rings. The molecule has 0 fully saturated rings. The zero-order chi connectivity index (χ0) is 18.9. The van der Waals surface area contributed by atoms with Gasteiger partial charge in [0.2, 0.25) is 0 Å². The van der Waals surface area contributed by atoms with Gasteiger partial charge in [0.1, 0.15) is 5.75 Å². The summed E-state index contributed by atoms with van der Waals surface area (Å²) in [5, 5.41) is 4.51. The first kappa shape index (κ1) is 19.7. The molecule has 26 heavy (non-hydrogen) atoms.